The second-order valence-corrected chi connectivity index (χ2v) is 21.2. The SMILES string of the molecule is CC(OC1CCN(C(=O)C2CCN(c3ccc4nnn(C5CCC(=O)NC5=O)c(=O)c4c3)CC2)CC1)C1CC(c2ccc(C(=O)N[C@H]3C(C)(C)[C@H](Oc4ccc(C#N)c(Cl)c4)C3(C)C)cc2)CCN1. The Bertz CT molecular complexity index is 2700. The summed E-state index contributed by atoms with van der Waals surface area (Å²) in [5, 5.41) is 27.4. The number of likely N-dealkylation sites (tertiary alicyclic amines) is 1. The summed E-state index contributed by atoms with van der Waals surface area (Å²) in [6.45, 7) is 14.1. The predicted octanol–water partition coefficient (Wildman–Crippen LogP) is 6.05. The van der Waals surface area contributed by atoms with Crippen LogP contribution in [-0.4, -0.2) is 107 Å². The highest BCUT2D eigenvalue weighted by Crippen LogP contribution is 2.55. The number of anilines is 1. The number of fused-ring (bicyclic) bond motifs is 1. The summed E-state index contributed by atoms with van der Waals surface area (Å²) in [5.74, 6) is 0.0203. The van der Waals surface area contributed by atoms with Gasteiger partial charge in [-0.3, -0.25) is 29.3 Å². The number of imide groups is 1. The van der Waals surface area contributed by atoms with Gasteiger partial charge in [0.2, 0.25) is 11.8 Å². The first-order chi connectivity index (χ1) is 33.0. The van der Waals surface area contributed by atoms with Gasteiger partial charge in [-0.25, -0.2) is 0 Å². The van der Waals surface area contributed by atoms with Crippen molar-refractivity contribution in [3.8, 4) is 11.8 Å². The van der Waals surface area contributed by atoms with Crippen molar-refractivity contribution < 1.29 is 28.7 Å². The van der Waals surface area contributed by atoms with Crippen molar-refractivity contribution in [2.75, 3.05) is 37.6 Å². The number of carbonyl (C=O) groups is 4. The maximum Gasteiger partial charge on any atom is 0.278 e. The monoisotopic (exact) mass is 959 g/mol. The van der Waals surface area contributed by atoms with Crippen molar-refractivity contribution in [1.82, 2.24) is 35.8 Å². The van der Waals surface area contributed by atoms with Gasteiger partial charge in [-0.2, -0.15) is 9.94 Å². The number of nitrogens with one attached hydrogen (secondary N) is 3. The van der Waals surface area contributed by atoms with Crippen LogP contribution in [0.3, 0.4) is 0 Å². The Kier molecular flexibility index (Phi) is 13.6. The minimum atomic E-state index is -0.887. The molecule has 5 aliphatic rings. The fourth-order valence-corrected chi connectivity index (χ4v) is 12.2. The minimum absolute atomic E-state index is 0.00669. The topological polar surface area (TPSA) is 201 Å². The third-order valence-electron chi connectivity index (χ3n) is 15.6. The molecule has 4 saturated heterocycles. The van der Waals surface area contributed by atoms with Crippen molar-refractivity contribution >= 4 is 51.8 Å². The molecule has 3 N–H and O–H groups in total. The van der Waals surface area contributed by atoms with Crippen molar-refractivity contribution in [2.24, 2.45) is 16.7 Å². The lowest BCUT2D eigenvalue weighted by Crippen LogP contribution is -2.74. The van der Waals surface area contributed by atoms with Crippen LogP contribution in [0, 0.1) is 28.1 Å². The van der Waals surface area contributed by atoms with Crippen LogP contribution in [0.4, 0.5) is 5.69 Å². The van der Waals surface area contributed by atoms with Gasteiger partial charge in [0.1, 0.15) is 29.5 Å². The molecule has 364 valence electrons. The van der Waals surface area contributed by atoms with Gasteiger partial charge in [0, 0.05) is 78.7 Å². The Morgan fingerprint density at radius 1 is 0.913 bits per heavy atom. The summed E-state index contributed by atoms with van der Waals surface area (Å²) in [7, 11) is 0. The molecule has 1 saturated carbocycles. The second-order valence-electron chi connectivity index (χ2n) is 20.8. The molecule has 1 aliphatic carbocycles. The summed E-state index contributed by atoms with van der Waals surface area (Å²) in [6.07, 6.45) is 5.11. The number of hydrogen-bond acceptors (Lipinski definition) is 12. The maximum atomic E-state index is 13.8. The normalized spacial score (nSPS) is 25.6. The number of nitrogens with zero attached hydrogens (tertiary/aromatic N) is 6. The molecule has 4 amide bonds. The van der Waals surface area contributed by atoms with Gasteiger partial charge in [0.05, 0.1) is 28.2 Å². The number of carbonyl (C=O) groups excluding carboxylic acids is 4. The third-order valence-corrected chi connectivity index (χ3v) is 15.9. The zero-order valence-corrected chi connectivity index (χ0v) is 40.8. The number of aromatic nitrogens is 3. The highest BCUT2D eigenvalue weighted by molar-refractivity contribution is 6.31. The predicted molar refractivity (Wildman–Crippen MR) is 260 cm³/mol. The molecule has 4 atom stereocenters. The molecule has 17 heteroatoms. The molecule has 9 rings (SSSR count). The van der Waals surface area contributed by atoms with E-state index >= 15 is 0 Å². The van der Waals surface area contributed by atoms with Gasteiger partial charge < -0.3 is 29.9 Å². The molecular weight excluding hydrogens is 898 g/mol. The van der Waals surface area contributed by atoms with Crippen LogP contribution < -0.4 is 31.1 Å². The number of piperidine rings is 4. The van der Waals surface area contributed by atoms with Crippen LogP contribution in [0.15, 0.2) is 65.5 Å². The first-order valence-corrected chi connectivity index (χ1v) is 24.8. The minimum Gasteiger partial charge on any atom is -0.489 e. The molecule has 69 heavy (non-hydrogen) atoms. The first kappa shape index (κ1) is 48.1. The molecule has 4 aliphatic heterocycles. The summed E-state index contributed by atoms with van der Waals surface area (Å²) < 4.78 is 14.2. The lowest BCUT2D eigenvalue weighted by molar-refractivity contribution is -0.164. The van der Waals surface area contributed by atoms with Crippen molar-refractivity contribution in [2.45, 2.75) is 128 Å². The molecule has 3 aromatic carbocycles. The van der Waals surface area contributed by atoms with Crippen LogP contribution in [0.25, 0.3) is 10.9 Å². The van der Waals surface area contributed by atoms with E-state index in [0.29, 0.717) is 77.7 Å². The van der Waals surface area contributed by atoms with E-state index in [1.54, 1.807) is 30.3 Å². The highest BCUT2D eigenvalue weighted by Gasteiger charge is 2.64. The zero-order chi connectivity index (χ0) is 48.8. The maximum absolute atomic E-state index is 13.8. The smallest absolute Gasteiger partial charge is 0.278 e. The van der Waals surface area contributed by atoms with E-state index in [4.69, 9.17) is 21.1 Å². The third kappa shape index (κ3) is 9.70. The van der Waals surface area contributed by atoms with E-state index in [9.17, 15) is 29.2 Å². The standard InChI is InChI=1S/C52H62ClN9O7/c1-30(42-26-34(16-21-55-42)31-6-8-32(9-7-31)45(64)57-49-51(2,3)50(52(49,4)5)69-38-12-10-35(29-54)40(53)28-38)68-37-19-24-61(25-20-37)47(66)33-17-22-60(23-18-33)36-11-13-41-39(27-36)48(67)62(59-58-41)43-14-15-44(63)56-46(43)65/h6-13,27-28,30,33-34,37,42-43,49-50,55H,14-26H2,1-5H3,(H,57,64)(H,56,63,65)/t30?,34?,42?,43?,49-,50-. The molecule has 4 aromatic rings. The highest BCUT2D eigenvalue weighted by atomic mass is 35.5. The summed E-state index contributed by atoms with van der Waals surface area (Å²) >= 11 is 6.28. The summed E-state index contributed by atoms with van der Waals surface area (Å²) in [5.41, 5.74) is 2.35. The van der Waals surface area contributed by atoms with Crippen molar-refractivity contribution in [1.29, 1.82) is 5.26 Å². The first-order valence-electron chi connectivity index (χ1n) is 24.4. The Morgan fingerprint density at radius 2 is 1.64 bits per heavy atom. The van der Waals surface area contributed by atoms with Crippen molar-refractivity contribution in [3.05, 3.63) is 92.7 Å². The van der Waals surface area contributed by atoms with Crippen LogP contribution in [0.1, 0.15) is 119 Å². The van der Waals surface area contributed by atoms with E-state index in [1.807, 2.05) is 23.1 Å². The van der Waals surface area contributed by atoms with E-state index in [0.717, 1.165) is 42.6 Å². The van der Waals surface area contributed by atoms with Gasteiger partial charge in [0.25, 0.3) is 17.4 Å². The Morgan fingerprint density at radius 3 is 2.32 bits per heavy atom. The molecule has 0 bridgehead atoms. The summed E-state index contributed by atoms with van der Waals surface area (Å²) in [6, 6.07) is 19.8. The number of hydrogen-bond donors (Lipinski definition) is 3. The summed E-state index contributed by atoms with van der Waals surface area (Å²) in [4.78, 5) is 69.2. The van der Waals surface area contributed by atoms with Gasteiger partial charge >= 0.3 is 0 Å². The van der Waals surface area contributed by atoms with Crippen LogP contribution >= 0.6 is 11.6 Å². The second kappa shape index (κ2) is 19.5. The fourth-order valence-electron chi connectivity index (χ4n) is 11.9. The average Bonchev–Trinajstić information content (AvgIpc) is 3.35. The van der Waals surface area contributed by atoms with Crippen LogP contribution in [0.2, 0.25) is 5.02 Å². The van der Waals surface area contributed by atoms with Crippen LogP contribution in [-0.2, 0) is 19.1 Å². The molecular formula is C52H62ClN9O7. The molecule has 5 fully saturated rings. The van der Waals surface area contributed by atoms with E-state index in [2.05, 4.69) is 84.0 Å². The van der Waals surface area contributed by atoms with Gasteiger partial charge in [-0.1, -0.05) is 56.6 Å². The fraction of sp³-hybridized carbons (Fsp3) is 0.538. The molecule has 16 nitrogen and oxygen atoms in total. The van der Waals surface area contributed by atoms with Gasteiger partial charge in [-0.05, 0) is 112 Å². The van der Waals surface area contributed by atoms with Crippen LogP contribution in [0.5, 0.6) is 5.75 Å². The Labute approximate surface area is 407 Å². The Balaban J connectivity index is 0.719. The quantitative estimate of drug-likeness (QED) is 0.147. The van der Waals surface area contributed by atoms with Crippen molar-refractivity contribution in [3.63, 3.8) is 0 Å². The number of benzene rings is 3. The number of nitriles is 1. The number of halogens is 1. The number of amides is 4. The van der Waals surface area contributed by atoms with Gasteiger partial charge in [-0.15, -0.1) is 5.10 Å². The molecule has 1 aromatic heterocycles. The largest absolute Gasteiger partial charge is 0.489 e. The van der Waals surface area contributed by atoms with E-state index in [-0.39, 0.29) is 77.7 Å². The molecule has 5 heterocycles. The van der Waals surface area contributed by atoms with E-state index in [1.165, 1.54) is 5.56 Å². The molecule has 0 spiro atoms. The zero-order valence-electron chi connectivity index (χ0n) is 40.0. The number of ether oxygens (including phenoxy) is 2. The lowest BCUT2D eigenvalue weighted by atomic mass is 9.49. The van der Waals surface area contributed by atoms with E-state index < -0.39 is 17.5 Å². The lowest BCUT2D eigenvalue weighted by Gasteiger charge is -2.63. The van der Waals surface area contributed by atoms with Gasteiger partial charge in [0.15, 0.2) is 0 Å². The molecule has 0 radical (unpaired) electrons. The molecule has 4 unspecified atom stereocenters. The Hall–Kier alpha value is -5.89. The number of rotatable bonds is 11. The average molecular weight is 961 g/mol.